The van der Waals surface area contributed by atoms with E-state index in [-0.39, 0.29) is 29.3 Å². The molecule has 4 rings (SSSR count). The van der Waals surface area contributed by atoms with Crippen LogP contribution in [-0.4, -0.2) is 33.5 Å². The lowest BCUT2D eigenvalue weighted by molar-refractivity contribution is -0.137. The first-order valence-electron chi connectivity index (χ1n) is 9.22. The predicted octanol–water partition coefficient (Wildman–Crippen LogP) is 4.40. The second-order valence-corrected chi connectivity index (χ2v) is 7.28. The fourth-order valence-corrected chi connectivity index (χ4v) is 4.00. The van der Waals surface area contributed by atoms with E-state index < -0.39 is 11.7 Å². The van der Waals surface area contributed by atoms with Gasteiger partial charge in [0.2, 0.25) is 5.91 Å². The maximum atomic E-state index is 12.9. The Hall–Kier alpha value is -2.38. The van der Waals surface area contributed by atoms with Crippen LogP contribution in [0.3, 0.4) is 0 Å². The fraction of sp³-hybridized carbons (Fsp3) is 0.526. The Balaban J connectivity index is 1.51. The summed E-state index contributed by atoms with van der Waals surface area (Å²) in [6.07, 6.45) is 1.44. The van der Waals surface area contributed by atoms with Gasteiger partial charge in [-0.15, -0.1) is 0 Å². The number of benzene rings is 1. The van der Waals surface area contributed by atoms with Crippen LogP contribution in [0.15, 0.2) is 28.8 Å². The highest BCUT2D eigenvalue weighted by atomic mass is 19.4. The molecule has 1 aromatic carbocycles. The van der Waals surface area contributed by atoms with Gasteiger partial charge in [-0.05, 0) is 31.0 Å². The molecule has 0 N–H and O–H groups in total. The summed E-state index contributed by atoms with van der Waals surface area (Å²) in [4.78, 5) is 18.6. The van der Waals surface area contributed by atoms with Crippen molar-refractivity contribution in [2.45, 2.75) is 56.7 Å². The van der Waals surface area contributed by atoms with E-state index >= 15 is 0 Å². The molecule has 1 saturated carbocycles. The van der Waals surface area contributed by atoms with Crippen LogP contribution in [0.5, 0.6) is 0 Å². The zero-order valence-electron chi connectivity index (χ0n) is 14.7. The van der Waals surface area contributed by atoms with Crippen molar-refractivity contribution in [3.8, 4) is 11.5 Å². The molecule has 0 bridgehead atoms. The summed E-state index contributed by atoms with van der Waals surface area (Å²) < 4.78 is 43.9. The van der Waals surface area contributed by atoms with Gasteiger partial charge in [-0.25, -0.2) is 0 Å². The number of hydrogen-bond acceptors (Lipinski definition) is 4. The monoisotopic (exact) mass is 379 g/mol. The van der Waals surface area contributed by atoms with Crippen LogP contribution in [0, 0.1) is 0 Å². The molecule has 1 aliphatic heterocycles. The highest BCUT2D eigenvalue weighted by Gasteiger charge is 2.38. The van der Waals surface area contributed by atoms with Crippen LogP contribution >= 0.6 is 0 Å². The van der Waals surface area contributed by atoms with Crippen LogP contribution in [-0.2, 0) is 11.0 Å². The summed E-state index contributed by atoms with van der Waals surface area (Å²) in [5.41, 5.74) is -0.545. The van der Waals surface area contributed by atoms with Gasteiger partial charge >= 0.3 is 6.18 Å². The summed E-state index contributed by atoms with van der Waals surface area (Å²) in [6, 6.07) is 5.09. The smallest absolute Gasteiger partial charge is 0.339 e. The lowest BCUT2D eigenvalue weighted by Crippen LogP contribution is -2.37. The Morgan fingerprint density at radius 1 is 1.15 bits per heavy atom. The third-order valence-electron chi connectivity index (χ3n) is 5.42. The van der Waals surface area contributed by atoms with Gasteiger partial charge in [0.05, 0.1) is 5.56 Å². The Morgan fingerprint density at radius 2 is 1.93 bits per heavy atom. The molecule has 0 unspecified atom stereocenters. The standard InChI is InChI=1S/C19H20F3N3O2/c20-19(21,22)14-6-4-5-12(9-14)18-23-17(24-27-18)13-10-16(26)25(11-13)15-7-2-1-3-8-15/h4-6,9,13,15H,1-3,7-8,10-11H2/t13-/m0/s1. The Morgan fingerprint density at radius 3 is 2.67 bits per heavy atom. The summed E-state index contributed by atoms with van der Waals surface area (Å²) in [7, 11) is 0. The maximum absolute atomic E-state index is 12.9. The highest BCUT2D eigenvalue weighted by Crippen LogP contribution is 2.34. The minimum Gasteiger partial charge on any atom is -0.339 e. The van der Waals surface area contributed by atoms with E-state index in [1.54, 1.807) is 0 Å². The van der Waals surface area contributed by atoms with Crippen LogP contribution in [0.25, 0.3) is 11.5 Å². The van der Waals surface area contributed by atoms with Crippen LogP contribution in [0.1, 0.15) is 55.8 Å². The van der Waals surface area contributed by atoms with Gasteiger partial charge in [0.25, 0.3) is 5.89 Å². The zero-order valence-corrected chi connectivity index (χ0v) is 14.7. The van der Waals surface area contributed by atoms with Gasteiger partial charge in [0, 0.05) is 30.5 Å². The van der Waals surface area contributed by atoms with E-state index in [0.717, 1.165) is 37.8 Å². The van der Waals surface area contributed by atoms with E-state index in [1.165, 1.54) is 18.6 Å². The zero-order chi connectivity index (χ0) is 19.0. The normalized spacial score (nSPS) is 21.8. The molecule has 2 fully saturated rings. The maximum Gasteiger partial charge on any atom is 0.416 e. The van der Waals surface area contributed by atoms with Crippen molar-refractivity contribution in [2.75, 3.05) is 6.54 Å². The first-order chi connectivity index (χ1) is 12.9. The van der Waals surface area contributed by atoms with Crippen molar-refractivity contribution in [2.24, 2.45) is 0 Å². The van der Waals surface area contributed by atoms with E-state index in [2.05, 4.69) is 10.1 Å². The van der Waals surface area contributed by atoms with E-state index in [4.69, 9.17) is 4.52 Å². The van der Waals surface area contributed by atoms with Gasteiger partial charge in [-0.3, -0.25) is 4.79 Å². The number of rotatable bonds is 3. The second-order valence-electron chi connectivity index (χ2n) is 7.28. The number of alkyl halides is 3. The van der Waals surface area contributed by atoms with Crippen LogP contribution < -0.4 is 0 Å². The minimum absolute atomic E-state index is 0.0414. The first-order valence-corrected chi connectivity index (χ1v) is 9.22. The summed E-state index contributed by atoms with van der Waals surface area (Å²) in [6.45, 7) is 0.547. The average Bonchev–Trinajstić information content (AvgIpc) is 3.29. The molecule has 5 nitrogen and oxygen atoms in total. The number of likely N-dealkylation sites (tertiary alicyclic amines) is 1. The van der Waals surface area contributed by atoms with E-state index in [0.29, 0.717) is 18.8 Å². The Labute approximate surface area is 154 Å². The molecular formula is C19H20F3N3O2. The largest absolute Gasteiger partial charge is 0.416 e. The lowest BCUT2D eigenvalue weighted by atomic mass is 9.94. The number of amides is 1. The Bertz CT molecular complexity index is 828. The molecule has 0 radical (unpaired) electrons. The number of nitrogens with zero attached hydrogens (tertiary/aromatic N) is 3. The number of carbonyl (C=O) groups excluding carboxylic acids is 1. The van der Waals surface area contributed by atoms with Crippen molar-refractivity contribution in [1.82, 2.24) is 15.0 Å². The molecule has 1 aliphatic carbocycles. The molecule has 2 aliphatic rings. The molecule has 1 saturated heterocycles. The third kappa shape index (κ3) is 3.70. The van der Waals surface area contributed by atoms with Gasteiger partial charge in [0.1, 0.15) is 0 Å². The van der Waals surface area contributed by atoms with Gasteiger partial charge in [0.15, 0.2) is 5.82 Å². The second kappa shape index (κ2) is 6.98. The predicted molar refractivity (Wildman–Crippen MR) is 90.7 cm³/mol. The Kier molecular flexibility index (Phi) is 4.65. The van der Waals surface area contributed by atoms with Gasteiger partial charge in [-0.2, -0.15) is 18.2 Å². The molecule has 2 heterocycles. The van der Waals surface area contributed by atoms with Crippen LogP contribution in [0.4, 0.5) is 13.2 Å². The first kappa shape index (κ1) is 18.0. The molecule has 1 atom stereocenters. The molecule has 0 spiro atoms. The van der Waals surface area contributed by atoms with Crippen molar-refractivity contribution < 1.29 is 22.5 Å². The number of halogens is 3. The SMILES string of the molecule is O=C1C[C@H](c2noc(-c3cccc(C(F)(F)F)c3)n2)CN1C1CCCCC1. The highest BCUT2D eigenvalue weighted by molar-refractivity contribution is 5.80. The molecule has 27 heavy (non-hydrogen) atoms. The molecule has 144 valence electrons. The number of carbonyl (C=O) groups is 1. The molecule has 8 heteroatoms. The molecule has 2 aromatic rings. The summed E-state index contributed by atoms with van der Waals surface area (Å²) in [5.74, 6) is 0.341. The van der Waals surface area contributed by atoms with Crippen LogP contribution in [0.2, 0.25) is 0 Å². The molecular weight excluding hydrogens is 359 g/mol. The fourth-order valence-electron chi connectivity index (χ4n) is 4.00. The number of hydrogen-bond donors (Lipinski definition) is 0. The van der Waals surface area contributed by atoms with Gasteiger partial charge < -0.3 is 9.42 Å². The number of aromatic nitrogens is 2. The summed E-state index contributed by atoms with van der Waals surface area (Å²) >= 11 is 0. The summed E-state index contributed by atoms with van der Waals surface area (Å²) in [5, 5.41) is 3.93. The van der Waals surface area contributed by atoms with Gasteiger partial charge in [-0.1, -0.05) is 30.5 Å². The lowest BCUT2D eigenvalue weighted by Gasteiger charge is -2.31. The minimum atomic E-state index is -4.43. The molecule has 1 aromatic heterocycles. The van der Waals surface area contributed by atoms with Crippen molar-refractivity contribution in [3.63, 3.8) is 0 Å². The quantitative estimate of drug-likeness (QED) is 0.793. The topological polar surface area (TPSA) is 59.2 Å². The molecule has 1 amide bonds. The van der Waals surface area contributed by atoms with Crippen molar-refractivity contribution >= 4 is 5.91 Å². The van der Waals surface area contributed by atoms with E-state index in [1.807, 2.05) is 4.90 Å². The average molecular weight is 379 g/mol. The van der Waals surface area contributed by atoms with E-state index in [9.17, 15) is 18.0 Å². The van der Waals surface area contributed by atoms with Crippen molar-refractivity contribution in [1.29, 1.82) is 0 Å². The van der Waals surface area contributed by atoms with Crippen molar-refractivity contribution in [3.05, 3.63) is 35.7 Å². The third-order valence-corrected chi connectivity index (χ3v) is 5.42.